The van der Waals surface area contributed by atoms with Crippen LogP contribution in [0.5, 0.6) is 5.88 Å². The summed E-state index contributed by atoms with van der Waals surface area (Å²) in [5, 5.41) is 2.24. The maximum Gasteiger partial charge on any atom is 0.491 e. The predicted octanol–water partition coefficient (Wildman–Crippen LogP) is 2.21. The molecule has 2 aromatic rings. The number of fused-ring (bicyclic) bond motifs is 1. The van der Waals surface area contributed by atoms with Crippen molar-refractivity contribution in [2.45, 2.75) is 30.5 Å². The summed E-state index contributed by atoms with van der Waals surface area (Å²) in [5.74, 6) is -4.43. The van der Waals surface area contributed by atoms with Crippen molar-refractivity contribution in [3.63, 3.8) is 0 Å². The fourth-order valence-electron chi connectivity index (χ4n) is 3.12. The largest absolute Gasteiger partial charge is 0.491 e. The van der Waals surface area contributed by atoms with Crippen LogP contribution < -0.4 is 10.1 Å². The number of sulfonamides is 1. The third-order valence-corrected chi connectivity index (χ3v) is 6.52. The molecular weight excluding hydrogens is 418 g/mol. The summed E-state index contributed by atoms with van der Waals surface area (Å²) < 4.78 is 84.0. The fourth-order valence-corrected chi connectivity index (χ4v) is 5.01. The number of carbonyl (C=O) groups is 1. The number of halogens is 4. The lowest BCUT2D eigenvalue weighted by Crippen LogP contribution is -2.41. The Bertz CT molecular complexity index is 1040. The molecule has 1 aromatic heterocycles. The average Bonchev–Trinajstić information content (AvgIpc) is 2.87. The van der Waals surface area contributed by atoms with Crippen LogP contribution in [-0.4, -0.2) is 55.5 Å². The summed E-state index contributed by atoms with van der Waals surface area (Å²) in [7, 11) is -4.19. The number of ether oxygens (including phenoxy) is 1. The molecule has 29 heavy (non-hydrogen) atoms. The van der Waals surface area contributed by atoms with Gasteiger partial charge in [-0.25, -0.2) is 22.6 Å². The van der Waals surface area contributed by atoms with E-state index < -0.39 is 50.2 Å². The Balaban J connectivity index is 2.15. The number of nitrogens with one attached hydrogen (secondary N) is 1. The van der Waals surface area contributed by atoms with E-state index in [-0.39, 0.29) is 11.9 Å². The van der Waals surface area contributed by atoms with Crippen LogP contribution in [0.1, 0.15) is 13.3 Å². The van der Waals surface area contributed by atoms with Crippen LogP contribution in [0.2, 0.25) is 0 Å². The van der Waals surface area contributed by atoms with E-state index in [1.165, 1.54) is 10.4 Å². The molecule has 1 atom stereocenters. The zero-order valence-electron chi connectivity index (χ0n) is 15.2. The van der Waals surface area contributed by atoms with Gasteiger partial charge < -0.3 is 10.1 Å². The minimum atomic E-state index is -5.29. The summed E-state index contributed by atoms with van der Waals surface area (Å²) in [6.45, 7) is 2.88. The molecule has 1 saturated heterocycles. The summed E-state index contributed by atoms with van der Waals surface area (Å²) in [6.07, 6.45) is -4.23. The Kier molecular flexibility index (Phi) is 5.79. The van der Waals surface area contributed by atoms with Crippen molar-refractivity contribution >= 4 is 26.8 Å². The van der Waals surface area contributed by atoms with Crippen LogP contribution in [0.3, 0.4) is 0 Å². The van der Waals surface area contributed by atoms with E-state index in [9.17, 15) is 30.8 Å². The van der Waals surface area contributed by atoms with Gasteiger partial charge in [0.25, 0.3) is 0 Å². The molecule has 0 saturated carbocycles. The monoisotopic (exact) mass is 435 g/mol. The van der Waals surface area contributed by atoms with Crippen molar-refractivity contribution < 1.29 is 35.5 Å². The Morgan fingerprint density at radius 2 is 2.07 bits per heavy atom. The van der Waals surface area contributed by atoms with Crippen LogP contribution in [0, 0.1) is 5.82 Å². The zero-order valence-corrected chi connectivity index (χ0v) is 16.0. The summed E-state index contributed by atoms with van der Waals surface area (Å²) in [4.78, 5) is 14.1. The van der Waals surface area contributed by atoms with Crippen molar-refractivity contribution in [1.82, 2.24) is 14.6 Å². The average molecular weight is 435 g/mol. The molecule has 1 aliphatic rings. The first-order valence-electron chi connectivity index (χ1n) is 8.62. The van der Waals surface area contributed by atoms with Crippen LogP contribution >= 0.6 is 0 Å². The van der Waals surface area contributed by atoms with E-state index in [0.29, 0.717) is 25.7 Å². The topological polar surface area (TPSA) is 88.6 Å². The number of hydrogen-bond acceptors (Lipinski definition) is 6. The molecule has 1 aromatic carbocycles. The Hall–Kier alpha value is -2.31. The lowest BCUT2D eigenvalue weighted by molar-refractivity contribution is -0.189. The first-order chi connectivity index (χ1) is 13.5. The second kappa shape index (κ2) is 7.84. The molecule has 1 aliphatic heterocycles. The maximum absolute atomic E-state index is 14.6. The summed E-state index contributed by atoms with van der Waals surface area (Å²) in [5.41, 5.74) is 0. The SMILES string of the molecule is CC1CNCCCN1S(=O)(=O)c1cccc2c(OC(=O)C(F)(F)F)ncc(F)c12. The quantitative estimate of drug-likeness (QED) is 0.588. The number of hydrogen-bond donors (Lipinski definition) is 1. The minimum absolute atomic E-state index is 0.190. The number of aromatic nitrogens is 1. The molecule has 3 rings (SSSR count). The standard InChI is InChI=1S/C17H17F4N3O4S/c1-10-8-22-6-3-7-24(10)29(26,27)13-5-2-4-11-14(13)12(18)9-23-15(11)28-16(25)17(19,20)21/h2,4-5,9-10,22H,3,6-8H2,1H3. The molecule has 1 unspecified atom stereocenters. The molecule has 0 bridgehead atoms. The summed E-state index contributed by atoms with van der Waals surface area (Å²) in [6, 6.07) is 3.09. The maximum atomic E-state index is 14.6. The second-order valence-corrected chi connectivity index (χ2v) is 8.36. The van der Waals surface area contributed by atoms with Gasteiger partial charge in [0.2, 0.25) is 15.9 Å². The van der Waals surface area contributed by atoms with E-state index in [0.717, 1.165) is 12.1 Å². The number of pyridine rings is 1. The molecule has 158 valence electrons. The molecule has 0 radical (unpaired) electrons. The van der Waals surface area contributed by atoms with Gasteiger partial charge in [-0.1, -0.05) is 6.07 Å². The van der Waals surface area contributed by atoms with E-state index in [1.54, 1.807) is 6.92 Å². The van der Waals surface area contributed by atoms with Crippen molar-refractivity contribution in [2.24, 2.45) is 0 Å². The van der Waals surface area contributed by atoms with Gasteiger partial charge in [0, 0.05) is 29.9 Å². The van der Waals surface area contributed by atoms with Gasteiger partial charge in [-0.05, 0) is 32.0 Å². The normalized spacial score (nSPS) is 19.1. The van der Waals surface area contributed by atoms with Crippen molar-refractivity contribution in [1.29, 1.82) is 0 Å². The third-order valence-electron chi connectivity index (χ3n) is 4.46. The van der Waals surface area contributed by atoms with E-state index in [4.69, 9.17) is 0 Å². The zero-order chi connectivity index (χ0) is 21.4. The highest BCUT2D eigenvalue weighted by Crippen LogP contribution is 2.34. The minimum Gasteiger partial charge on any atom is -0.400 e. The van der Waals surface area contributed by atoms with E-state index in [1.807, 2.05) is 0 Å². The molecule has 7 nitrogen and oxygen atoms in total. The van der Waals surface area contributed by atoms with Gasteiger partial charge in [0.15, 0.2) is 5.82 Å². The Labute approximate surface area is 163 Å². The van der Waals surface area contributed by atoms with Gasteiger partial charge in [0.1, 0.15) is 0 Å². The number of alkyl halides is 3. The van der Waals surface area contributed by atoms with Crippen LogP contribution in [0.25, 0.3) is 10.8 Å². The molecule has 0 amide bonds. The van der Waals surface area contributed by atoms with Crippen molar-refractivity contribution in [3.8, 4) is 5.88 Å². The Morgan fingerprint density at radius 3 is 2.76 bits per heavy atom. The molecule has 0 aliphatic carbocycles. The second-order valence-electron chi connectivity index (χ2n) is 6.50. The van der Waals surface area contributed by atoms with Crippen LogP contribution in [-0.2, 0) is 14.8 Å². The highest BCUT2D eigenvalue weighted by molar-refractivity contribution is 7.89. The van der Waals surface area contributed by atoms with Gasteiger partial charge >= 0.3 is 12.1 Å². The van der Waals surface area contributed by atoms with Crippen LogP contribution in [0.4, 0.5) is 17.6 Å². The van der Waals surface area contributed by atoms with Crippen molar-refractivity contribution in [3.05, 3.63) is 30.2 Å². The van der Waals surface area contributed by atoms with Gasteiger partial charge in [-0.15, -0.1) is 0 Å². The molecule has 1 N–H and O–H groups in total. The highest BCUT2D eigenvalue weighted by atomic mass is 32.2. The molecule has 0 spiro atoms. The smallest absolute Gasteiger partial charge is 0.400 e. The number of benzene rings is 1. The lowest BCUT2D eigenvalue weighted by Gasteiger charge is -2.26. The first kappa shape index (κ1) is 21.4. The molecular formula is C17H17F4N3O4S. The van der Waals surface area contributed by atoms with Gasteiger partial charge in [-0.2, -0.15) is 17.5 Å². The van der Waals surface area contributed by atoms with Crippen molar-refractivity contribution in [2.75, 3.05) is 19.6 Å². The fraction of sp³-hybridized carbons (Fsp3) is 0.412. The third kappa shape index (κ3) is 4.19. The Morgan fingerprint density at radius 1 is 1.34 bits per heavy atom. The van der Waals surface area contributed by atoms with Gasteiger partial charge in [-0.3, -0.25) is 0 Å². The number of nitrogens with zero attached hydrogens (tertiary/aromatic N) is 2. The number of esters is 1. The lowest BCUT2D eigenvalue weighted by atomic mass is 10.1. The number of rotatable bonds is 3. The van der Waals surface area contributed by atoms with E-state index >= 15 is 0 Å². The number of carbonyl (C=O) groups excluding carboxylic acids is 1. The summed E-state index contributed by atoms with van der Waals surface area (Å²) >= 11 is 0. The van der Waals surface area contributed by atoms with E-state index in [2.05, 4.69) is 15.0 Å². The molecule has 12 heteroatoms. The first-order valence-corrected chi connectivity index (χ1v) is 10.1. The molecule has 2 heterocycles. The van der Waals surface area contributed by atoms with Crippen LogP contribution in [0.15, 0.2) is 29.3 Å². The highest BCUT2D eigenvalue weighted by Gasteiger charge is 2.42. The predicted molar refractivity (Wildman–Crippen MR) is 94.2 cm³/mol. The van der Waals surface area contributed by atoms with Gasteiger partial charge in [0.05, 0.1) is 11.1 Å². The molecule has 1 fully saturated rings.